The first-order valence-electron chi connectivity index (χ1n) is 4.46. The van der Waals surface area contributed by atoms with Crippen molar-refractivity contribution in [2.24, 2.45) is 0 Å². The van der Waals surface area contributed by atoms with Crippen LogP contribution in [0.15, 0.2) is 24.5 Å². The van der Waals surface area contributed by atoms with Gasteiger partial charge in [0, 0.05) is 5.69 Å². The molecule has 0 aliphatic heterocycles. The molecular weight excluding hydrogens is 228 g/mol. The zero-order chi connectivity index (χ0) is 11.5. The summed E-state index contributed by atoms with van der Waals surface area (Å²) in [7, 11) is 0. The van der Waals surface area contributed by atoms with E-state index in [0.29, 0.717) is 22.1 Å². The third-order valence-electron chi connectivity index (χ3n) is 2.11. The molecule has 80 valence electrons. The maximum Gasteiger partial charge on any atom is 0.163 e. The largest absolute Gasteiger partial charge is 0.388 e. The number of nitriles is 1. The molecular formula is C10H7ClN4O. The first-order valence-corrected chi connectivity index (χ1v) is 4.84. The number of nitrogens with zero attached hydrogens (tertiary/aromatic N) is 4. The van der Waals surface area contributed by atoms with Gasteiger partial charge in [0.15, 0.2) is 5.82 Å². The number of aromatic nitrogens is 3. The van der Waals surface area contributed by atoms with E-state index >= 15 is 0 Å². The number of rotatable bonds is 2. The average molecular weight is 235 g/mol. The van der Waals surface area contributed by atoms with Gasteiger partial charge in [-0.1, -0.05) is 11.6 Å². The second-order valence-electron chi connectivity index (χ2n) is 3.05. The minimum absolute atomic E-state index is 0.211. The van der Waals surface area contributed by atoms with Crippen molar-refractivity contribution in [3.05, 3.63) is 40.9 Å². The maximum atomic E-state index is 9.03. The van der Waals surface area contributed by atoms with Crippen LogP contribution in [0.4, 0.5) is 0 Å². The highest BCUT2D eigenvalue weighted by atomic mass is 35.5. The lowest BCUT2D eigenvalue weighted by Crippen LogP contribution is -2.00. The minimum atomic E-state index is -0.211. The third-order valence-corrected chi connectivity index (χ3v) is 2.42. The molecule has 1 aromatic carbocycles. The molecule has 0 unspecified atom stereocenters. The van der Waals surface area contributed by atoms with Crippen molar-refractivity contribution in [1.82, 2.24) is 14.8 Å². The summed E-state index contributed by atoms with van der Waals surface area (Å²) >= 11 is 5.90. The molecule has 2 aromatic rings. The summed E-state index contributed by atoms with van der Waals surface area (Å²) < 4.78 is 1.60. The van der Waals surface area contributed by atoms with Crippen LogP contribution in [-0.2, 0) is 6.61 Å². The van der Waals surface area contributed by atoms with Gasteiger partial charge in [0.05, 0.1) is 10.6 Å². The fourth-order valence-electron chi connectivity index (χ4n) is 1.33. The van der Waals surface area contributed by atoms with E-state index in [-0.39, 0.29) is 6.61 Å². The van der Waals surface area contributed by atoms with Gasteiger partial charge in [-0.3, -0.25) is 4.57 Å². The highest BCUT2D eigenvalue weighted by Crippen LogP contribution is 2.20. The molecule has 16 heavy (non-hydrogen) atoms. The quantitative estimate of drug-likeness (QED) is 0.850. The minimum Gasteiger partial charge on any atom is -0.388 e. The Bertz CT molecular complexity index is 558. The summed E-state index contributed by atoms with van der Waals surface area (Å²) in [6.45, 7) is -0.211. The van der Waals surface area contributed by atoms with Gasteiger partial charge in [0.25, 0.3) is 0 Å². The van der Waals surface area contributed by atoms with Crippen LogP contribution in [0.25, 0.3) is 5.69 Å². The lowest BCUT2D eigenvalue weighted by molar-refractivity contribution is 0.269. The Hall–Kier alpha value is -1.90. The van der Waals surface area contributed by atoms with Crippen LogP contribution in [0.5, 0.6) is 0 Å². The van der Waals surface area contributed by atoms with E-state index in [1.165, 1.54) is 6.33 Å². The number of hydrogen-bond donors (Lipinski definition) is 1. The molecule has 0 fully saturated rings. The van der Waals surface area contributed by atoms with Gasteiger partial charge in [-0.2, -0.15) is 5.26 Å². The number of aliphatic hydroxyl groups excluding tert-OH is 1. The Morgan fingerprint density at radius 2 is 2.31 bits per heavy atom. The van der Waals surface area contributed by atoms with Gasteiger partial charge in [0.2, 0.25) is 0 Å². The molecule has 1 N–H and O–H groups in total. The molecule has 5 nitrogen and oxygen atoms in total. The molecule has 0 saturated heterocycles. The summed E-state index contributed by atoms with van der Waals surface area (Å²) in [6.07, 6.45) is 1.48. The van der Waals surface area contributed by atoms with E-state index in [0.717, 1.165) is 0 Å². The summed E-state index contributed by atoms with van der Waals surface area (Å²) in [5.74, 6) is 0.417. The molecule has 1 heterocycles. The van der Waals surface area contributed by atoms with Gasteiger partial charge in [-0.25, -0.2) is 0 Å². The van der Waals surface area contributed by atoms with E-state index in [9.17, 15) is 0 Å². The molecule has 6 heteroatoms. The number of aliphatic hydroxyl groups is 1. The van der Waals surface area contributed by atoms with E-state index in [1.807, 2.05) is 6.07 Å². The zero-order valence-electron chi connectivity index (χ0n) is 8.13. The van der Waals surface area contributed by atoms with Crippen LogP contribution in [0.3, 0.4) is 0 Å². The lowest BCUT2D eigenvalue weighted by atomic mass is 10.2. The number of benzene rings is 1. The van der Waals surface area contributed by atoms with Crippen molar-refractivity contribution in [3.63, 3.8) is 0 Å². The molecule has 0 amide bonds. The Balaban J connectivity index is 2.50. The van der Waals surface area contributed by atoms with Crippen LogP contribution in [-0.4, -0.2) is 19.9 Å². The Labute approximate surface area is 96.5 Å². The van der Waals surface area contributed by atoms with Crippen molar-refractivity contribution >= 4 is 11.6 Å². The highest BCUT2D eigenvalue weighted by molar-refractivity contribution is 6.31. The number of hydrogen-bond acceptors (Lipinski definition) is 4. The van der Waals surface area contributed by atoms with Gasteiger partial charge in [-0.15, -0.1) is 10.2 Å². The van der Waals surface area contributed by atoms with Crippen molar-refractivity contribution in [3.8, 4) is 11.8 Å². The SMILES string of the molecule is N#Cc1ccc(-n2cnnc2CO)cc1Cl. The summed E-state index contributed by atoms with van der Waals surface area (Å²) in [5.41, 5.74) is 1.11. The van der Waals surface area contributed by atoms with Crippen LogP contribution in [0.2, 0.25) is 5.02 Å². The summed E-state index contributed by atoms with van der Waals surface area (Å²) in [4.78, 5) is 0. The van der Waals surface area contributed by atoms with E-state index < -0.39 is 0 Å². The van der Waals surface area contributed by atoms with Gasteiger partial charge in [0.1, 0.15) is 19.0 Å². The van der Waals surface area contributed by atoms with Crippen molar-refractivity contribution < 1.29 is 5.11 Å². The van der Waals surface area contributed by atoms with Crippen molar-refractivity contribution in [1.29, 1.82) is 5.26 Å². The Morgan fingerprint density at radius 1 is 1.50 bits per heavy atom. The molecule has 0 radical (unpaired) electrons. The number of halogens is 1. The van der Waals surface area contributed by atoms with Gasteiger partial charge >= 0.3 is 0 Å². The molecule has 0 saturated carbocycles. The van der Waals surface area contributed by atoms with Crippen LogP contribution < -0.4 is 0 Å². The molecule has 0 aliphatic carbocycles. The van der Waals surface area contributed by atoms with E-state index in [2.05, 4.69) is 10.2 Å². The topological polar surface area (TPSA) is 74.7 Å². The van der Waals surface area contributed by atoms with E-state index in [4.69, 9.17) is 22.0 Å². The fourth-order valence-corrected chi connectivity index (χ4v) is 1.54. The lowest BCUT2D eigenvalue weighted by Gasteiger charge is -2.05. The predicted molar refractivity (Wildman–Crippen MR) is 57.0 cm³/mol. The summed E-state index contributed by atoms with van der Waals surface area (Å²) in [6, 6.07) is 6.93. The normalized spacial score (nSPS) is 10.1. The van der Waals surface area contributed by atoms with Gasteiger partial charge < -0.3 is 5.11 Å². The predicted octanol–water partition coefficient (Wildman–Crippen LogP) is 1.28. The highest BCUT2D eigenvalue weighted by Gasteiger charge is 2.07. The smallest absolute Gasteiger partial charge is 0.163 e. The summed E-state index contributed by atoms with van der Waals surface area (Å²) in [5, 5.41) is 25.5. The second-order valence-corrected chi connectivity index (χ2v) is 3.46. The van der Waals surface area contributed by atoms with Crippen LogP contribution in [0, 0.1) is 11.3 Å². The van der Waals surface area contributed by atoms with E-state index in [1.54, 1.807) is 22.8 Å². The molecule has 0 atom stereocenters. The van der Waals surface area contributed by atoms with Crippen molar-refractivity contribution in [2.75, 3.05) is 0 Å². The van der Waals surface area contributed by atoms with Crippen LogP contribution in [0.1, 0.15) is 11.4 Å². The monoisotopic (exact) mass is 234 g/mol. The molecule has 0 bridgehead atoms. The average Bonchev–Trinajstić information content (AvgIpc) is 2.77. The Kier molecular flexibility index (Phi) is 2.86. The molecule has 2 rings (SSSR count). The second kappa shape index (κ2) is 4.31. The van der Waals surface area contributed by atoms with Crippen molar-refractivity contribution in [2.45, 2.75) is 6.61 Å². The first kappa shape index (κ1) is 10.6. The molecule has 0 aliphatic rings. The van der Waals surface area contributed by atoms with Crippen LogP contribution >= 0.6 is 11.6 Å². The Morgan fingerprint density at radius 3 is 2.94 bits per heavy atom. The molecule has 1 aromatic heterocycles. The maximum absolute atomic E-state index is 9.03. The third kappa shape index (κ3) is 1.76. The first-order chi connectivity index (χ1) is 7.76. The zero-order valence-corrected chi connectivity index (χ0v) is 8.89. The standard InChI is InChI=1S/C10H7ClN4O/c11-9-3-8(2-1-7(9)4-12)15-6-13-14-10(15)5-16/h1-3,6,16H,5H2. The molecule has 0 spiro atoms. The van der Waals surface area contributed by atoms with Gasteiger partial charge in [-0.05, 0) is 18.2 Å². The fraction of sp³-hybridized carbons (Fsp3) is 0.100.